The molecular formula is C11H15BrN2O3. The molecule has 6 heteroatoms. The van der Waals surface area contributed by atoms with Gasteiger partial charge in [0, 0.05) is 17.7 Å². The van der Waals surface area contributed by atoms with E-state index in [1.165, 1.54) is 0 Å². The van der Waals surface area contributed by atoms with Gasteiger partial charge in [0.2, 0.25) is 0 Å². The molecule has 1 atom stereocenters. The highest BCUT2D eigenvalue weighted by molar-refractivity contribution is 9.10. The van der Waals surface area contributed by atoms with Crippen molar-refractivity contribution in [2.24, 2.45) is 13.0 Å². The molecule has 94 valence electrons. The molecule has 1 aromatic rings. The van der Waals surface area contributed by atoms with E-state index < -0.39 is 12.0 Å². The zero-order valence-corrected chi connectivity index (χ0v) is 11.5. The van der Waals surface area contributed by atoms with Crippen LogP contribution in [0.25, 0.3) is 0 Å². The van der Waals surface area contributed by atoms with Crippen LogP contribution in [0.15, 0.2) is 16.7 Å². The summed E-state index contributed by atoms with van der Waals surface area (Å²) in [6, 6.07) is 0.769. The highest BCUT2D eigenvalue weighted by atomic mass is 79.9. The molecule has 1 amide bonds. The SMILES string of the molecule is CC(C)[C@@H](NC(=O)c1cc(Br)cn1C)C(=O)O. The second kappa shape index (κ2) is 5.35. The van der Waals surface area contributed by atoms with Crippen molar-refractivity contribution in [1.29, 1.82) is 0 Å². The number of aromatic nitrogens is 1. The minimum absolute atomic E-state index is 0.167. The first kappa shape index (κ1) is 13.8. The average Bonchev–Trinajstić information content (AvgIpc) is 2.53. The lowest BCUT2D eigenvalue weighted by Gasteiger charge is -2.17. The van der Waals surface area contributed by atoms with E-state index in [0.717, 1.165) is 4.47 Å². The Morgan fingerprint density at radius 2 is 2.06 bits per heavy atom. The Hall–Kier alpha value is -1.30. The maximum Gasteiger partial charge on any atom is 0.326 e. The van der Waals surface area contributed by atoms with Crippen molar-refractivity contribution in [2.45, 2.75) is 19.9 Å². The number of aryl methyl sites for hydroxylation is 1. The molecule has 0 aliphatic carbocycles. The van der Waals surface area contributed by atoms with Crippen LogP contribution in [0.4, 0.5) is 0 Å². The highest BCUT2D eigenvalue weighted by Gasteiger charge is 2.24. The molecule has 0 saturated carbocycles. The van der Waals surface area contributed by atoms with E-state index in [9.17, 15) is 9.59 Å². The number of rotatable bonds is 4. The number of nitrogens with one attached hydrogen (secondary N) is 1. The van der Waals surface area contributed by atoms with Crippen LogP contribution in [-0.2, 0) is 11.8 Å². The van der Waals surface area contributed by atoms with Crippen LogP contribution in [0.5, 0.6) is 0 Å². The zero-order valence-electron chi connectivity index (χ0n) is 9.90. The fourth-order valence-electron chi connectivity index (χ4n) is 1.48. The molecule has 17 heavy (non-hydrogen) atoms. The summed E-state index contributed by atoms with van der Waals surface area (Å²) in [6.45, 7) is 3.50. The molecule has 2 N–H and O–H groups in total. The van der Waals surface area contributed by atoms with Crippen LogP contribution in [0, 0.1) is 5.92 Å². The van der Waals surface area contributed by atoms with Crippen molar-refractivity contribution in [3.05, 3.63) is 22.4 Å². The van der Waals surface area contributed by atoms with Crippen LogP contribution >= 0.6 is 15.9 Å². The second-order valence-corrected chi connectivity index (χ2v) is 5.10. The summed E-state index contributed by atoms with van der Waals surface area (Å²) in [7, 11) is 1.73. The van der Waals surface area contributed by atoms with Gasteiger partial charge in [0.1, 0.15) is 11.7 Å². The summed E-state index contributed by atoms with van der Waals surface area (Å²) in [4.78, 5) is 22.8. The van der Waals surface area contributed by atoms with Gasteiger partial charge in [-0.1, -0.05) is 13.8 Å². The van der Waals surface area contributed by atoms with E-state index in [1.54, 1.807) is 37.7 Å². The normalized spacial score (nSPS) is 12.5. The van der Waals surface area contributed by atoms with E-state index >= 15 is 0 Å². The summed E-state index contributed by atoms with van der Waals surface area (Å²) in [6.07, 6.45) is 1.74. The number of amides is 1. The summed E-state index contributed by atoms with van der Waals surface area (Å²) >= 11 is 3.26. The van der Waals surface area contributed by atoms with Gasteiger partial charge >= 0.3 is 5.97 Å². The van der Waals surface area contributed by atoms with E-state index in [2.05, 4.69) is 21.2 Å². The Morgan fingerprint density at radius 3 is 2.41 bits per heavy atom. The lowest BCUT2D eigenvalue weighted by molar-refractivity contribution is -0.140. The van der Waals surface area contributed by atoms with E-state index in [1.807, 2.05) is 0 Å². The molecule has 1 heterocycles. The Bertz CT molecular complexity index is 440. The lowest BCUT2D eigenvalue weighted by atomic mass is 10.0. The number of halogens is 1. The second-order valence-electron chi connectivity index (χ2n) is 4.19. The Morgan fingerprint density at radius 1 is 1.47 bits per heavy atom. The van der Waals surface area contributed by atoms with Crippen LogP contribution < -0.4 is 5.32 Å². The molecule has 0 saturated heterocycles. The minimum atomic E-state index is -1.03. The van der Waals surface area contributed by atoms with Gasteiger partial charge in [0.15, 0.2) is 0 Å². The van der Waals surface area contributed by atoms with Gasteiger partial charge in [-0.25, -0.2) is 4.79 Å². The summed E-state index contributed by atoms with van der Waals surface area (Å²) in [5.74, 6) is -1.58. The molecule has 0 bridgehead atoms. The Balaban J connectivity index is 2.85. The number of hydrogen-bond donors (Lipinski definition) is 2. The fourth-order valence-corrected chi connectivity index (χ4v) is 2.00. The van der Waals surface area contributed by atoms with E-state index in [4.69, 9.17) is 5.11 Å². The maximum absolute atomic E-state index is 11.9. The summed E-state index contributed by atoms with van der Waals surface area (Å²) < 4.78 is 2.42. The van der Waals surface area contributed by atoms with Crippen molar-refractivity contribution < 1.29 is 14.7 Å². The van der Waals surface area contributed by atoms with Crippen molar-refractivity contribution in [1.82, 2.24) is 9.88 Å². The van der Waals surface area contributed by atoms with Gasteiger partial charge in [0.05, 0.1) is 0 Å². The molecule has 0 aliphatic heterocycles. The third-order valence-corrected chi connectivity index (χ3v) is 2.86. The summed E-state index contributed by atoms with van der Waals surface area (Å²) in [5.41, 5.74) is 0.420. The Kier molecular flexibility index (Phi) is 4.34. The maximum atomic E-state index is 11.9. The van der Waals surface area contributed by atoms with Crippen LogP contribution in [0.1, 0.15) is 24.3 Å². The number of hydrogen-bond acceptors (Lipinski definition) is 2. The standard InChI is InChI=1S/C11H15BrN2O3/c1-6(2)9(11(16)17)13-10(15)8-4-7(12)5-14(8)3/h4-6,9H,1-3H3,(H,13,15)(H,16,17)/t9-/m1/s1. The van der Waals surface area contributed by atoms with Gasteiger partial charge in [-0.15, -0.1) is 0 Å². The lowest BCUT2D eigenvalue weighted by Crippen LogP contribution is -2.44. The van der Waals surface area contributed by atoms with Crippen LogP contribution in [-0.4, -0.2) is 27.6 Å². The molecule has 1 rings (SSSR count). The van der Waals surface area contributed by atoms with Gasteiger partial charge < -0.3 is 15.0 Å². The largest absolute Gasteiger partial charge is 0.480 e. The van der Waals surface area contributed by atoms with Crippen LogP contribution in [0.2, 0.25) is 0 Å². The molecule has 0 aliphatic rings. The number of carboxylic acid groups (broad SMARTS) is 1. The number of carbonyl (C=O) groups excluding carboxylic acids is 1. The smallest absolute Gasteiger partial charge is 0.326 e. The molecule has 0 unspecified atom stereocenters. The van der Waals surface area contributed by atoms with Gasteiger partial charge in [-0.2, -0.15) is 0 Å². The number of carbonyl (C=O) groups is 2. The monoisotopic (exact) mass is 302 g/mol. The van der Waals surface area contributed by atoms with Crippen LogP contribution in [0.3, 0.4) is 0 Å². The van der Waals surface area contributed by atoms with Gasteiger partial charge in [-0.3, -0.25) is 4.79 Å². The first-order chi connectivity index (χ1) is 7.82. The number of aliphatic carboxylic acids is 1. The van der Waals surface area contributed by atoms with E-state index in [0.29, 0.717) is 5.69 Å². The third-order valence-electron chi connectivity index (χ3n) is 2.42. The van der Waals surface area contributed by atoms with Crippen molar-refractivity contribution >= 4 is 27.8 Å². The van der Waals surface area contributed by atoms with E-state index in [-0.39, 0.29) is 11.8 Å². The topological polar surface area (TPSA) is 71.3 Å². The first-order valence-corrected chi connectivity index (χ1v) is 5.97. The molecule has 0 aromatic carbocycles. The quantitative estimate of drug-likeness (QED) is 0.888. The fraction of sp³-hybridized carbons (Fsp3) is 0.455. The predicted molar refractivity (Wildman–Crippen MR) is 66.8 cm³/mol. The molecular weight excluding hydrogens is 288 g/mol. The number of nitrogens with zero attached hydrogens (tertiary/aromatic N) is 1. The van der Waals surface area contributed by atoms with Gasteiger partial charge in [-0.05, 0) is 27.9 Å². The van der Waals surface area contributed by atoms with Crippen molar-refractivity contribution in [3.8, 4) is 0 Å². The van der Waals surface area contributed by atoms with Gasteiger partial charge in [0.25, 0.3) is 5.91 Å². The number of carboxylic acids is 1. The van der Waals surface area contributed by atoms with Crippen molar-refractivity contribution in [2.75, 3.05) is 0 Å². The summed E-state index contributed by atoms with van der Waals surface area (Å²) in [5, 5.41) is 11.5. The molecule has 0 radical (unpaired) electrons. The highest BCUT2D eigenvalue weighted by Crippen LogP contribution is 2.14. The molecule has 5 nitrogen and oxygen atoms in total. The molecule has 0 spiro atoms. The first-order valence-electron chi connectivity index (χ1n) is 5.18. The third kappa shape index (κ3) is 3.33. The molecule has 0 fully saturated rings. The Labute approximate surface area is 108 Å². The predicted octanol–water partition coefficient (Wildman–Crippen LogP) is 1.63. The van der Waals surface area contributed by atoms with Crippen molar-refractivity contribution in [3.63, 3.8) is 0 Å². The average molecular weight is 303 g/mol. The minimum Gasteiger partial charge on any atom is -0.480 e. The molecule has 1 aromatic heterocycles. The zero-order chi connectivity index (χ0) is 13.2.